The van der Waals surface area contributed by atoms with Gasteiger partial charge in [-0.3, -0.25) is 0 Å². The first-order valence-electron chi connectivity index (χ1n) is 7.82. The largest absolute Gasteiger partial charge is 0.307 e. The van der Waals surface area contributed by atoms with E-state index in [4.69, 9.17) is 0 Å². The van der Waals surface area contributed by atoms with Crippen molar-refractivity contribution in [2.24, 2.45) is 11.8 Å². The molecule has 0 aliphatic heterocycles. The van der Waals surface area contributed by atoms with Crippen LogP contribution >= 0.6 is 0 Å². The molecule has 1 saturated carbocycles. The highest BCUT2D eigenvalue weighted by molar-refractivity contribution is 5.32. The van der Waals surface area contributed by atoms with E-state index in [0.29, 0.717) is 12.1 Å². The molecular formula is C18H29N. The first-order chi connectivity index (χ1) is 8.99. The Morgan fingerprint density at radius 3 is 2.63 bits per heavy atom. The summed E-state index contributed by atoms with van der Waals surface area (Å²) in [7, 11) is 0. The molecule has 0 saturated heterocycles. The molecule has 1 aromatic rings. The van der Waals surface area contributed by atoms with E-state index in [1.165, 1.54) is 36.0 Å². The molecule has 0 amide bonds. The Balaban J connectivity index is 2.08. The quantitative estimate of drug-likeness (QED) is 0.824. The Labute approximate surface area is 118 Å². The molecule has 0 radical (unpaired) electrons. The van der Waals surface area contributed by atoms with Gasteiger partial charge in [0, 0.05) is 12.1 Å². The van der Waals surface area contributed by atoms with Crippen molar-refractivity contribution < 1.29 is 0 Å². The fourth-order valence-corrected chi connectivity index (χ4v) is 3.45. The molecule has 106 valence electrons. The monoisotopic (exact) mass is 259 g/mol. The van der Waals surface area contributed by atoms with Gasteiger partial charge in [0.1, 0.15) is 0 Å². The summed E-state index contributed by atoms with van der Waals surface area (Å²) in [5.41, 5.74) is 4.23. The van der Waals surface area contributed by atoms with Crippen molar-refractivity contribution in [1.29, 1.82) is 0 Å². The summed E-state index contributed by atoms with van der Waals surface area (Å²) in [5.74, 6) is 1.65. The van der Waals surface area contributed by atoms with Gasteiger partial charge in [-0.05, 0) is 50.2 Å². The summed E-state index contributed by atoms with van der Waals surface area (Å²) in [6, 6.07) is 7.92. The lowest BCUT2D eigenvalue weighted by Gasteiger charge is -2.37. The topological polar surface area (TPSA) is 12.0 Å². The van der Waals surface area contributed by atoms with Gasteiger partial charge in [0.15, 0.2) is 0 Å². The second-order valence-corrected chi connectivity index (χ2v) is 6.62. The smallest absolute Gasteiger partial charge is 0.0297 e. The van der Waals surface area contributed by atoms with Crippen LogP contribution in [0.15, 0.2) is 18.2 Å². The van der Waals surface area contributed by atoms with Crippen molar-refractivity contribution in [3.8, 4) is 0 Å². The third kappa shape index (κ3) is 3.39. The molecular weight excluding hydrogens is 230 g/mol. The predicted octanol–water partition coefficient (Wildman–Crippen LogP) is 4.78. The molecule has 1 N–H and O–H groups in total. The fourth-order valence-electron chi connectivity index (χ4n) is 3.45. The van der Waals surface area contributed by atoms with Gasteiger partial charge in [0.2, 0.25) is 0 Å². The first kappa shape index (κ1) is 14.6. The second kappa shape index (κ2) is 6.09. The van der Waals surface area contributed by atoms with Crippen LogP contribution in [0.2, 0.25) is 0 Å². The van der Waals surface area contributed by atoms with Crippen LogP contribution in [-0.2, 0) is 0 Å². The minimum absolute atomic E-state index is 0.456. The van der Waals surface area contributed by atoms with Gasteiger partial charge in [-0.1, -0.05) is 50.5 Å². The molecule has 4 unspecified atom stereocenters. The van der Waals surface area contributed by atoms with E-state index >= 15 is 0 Å². The maximum absolute atomic E-state index is 3.88. The van der Waals surface area contributed by atoms with Crippen molar-refractivity contribution in [2.75, 3.05) is 0 Å². The number of benzene rings is 1. The Morgan fingerprint density at radius 1 is 1.16 bits per heavy atom. The number of rotatable bonds is 3. The maximum Gasteiger partial charge on any atom is 0.0297 e. The van der Waals surface area contributed by atoms with Gasteiger partial charge < -0.3 is 5.32 Å². The second-order valence-electron chi connectivity index (χ2n) is 6.62. The highest BCUT2D eigenvalue weighted by Crippen LogP contribution is 2.31. The average molecular weight is 259 g/mol. The van der Waals surface area contributed by atoms with Gasteiger partial charge in [-0.2, -0.15) is 0 Å². The zero-order valence-electron chi connectivity index (χ0n) is 13.2. The van der Waals surface area contributed by atoms with Gasteiger partial charge in [0.25, 0.3) is 0 Å². The van der Waals surface area contributed by atoms with Crippen LogP contribution in [0.1, 0.15) is 62.8 Å². The van der Waals surface area contributed by atoms with E-state index in [9.17, 15) is 0 Å². The molecule has 0 aromatic heterocycles. The lowest BCUT2D eigenvalue weighted by Crippen LogP contribution is -2.41. The van der Waals surface area contributed by atoms with Crippen LogP contribution in [0.3, 0.4) is 0 Å². The number of aryl methyl sites for hydroxylation is 2. The van der Waals surface area contributed by atoms with Gasteiger partial charge >= 0.3 is 0 Å². The first-order valence-corrected chi connectivity index (χ1v) is 7.82. The molecule has 1 aliphatic rings. The van der Waals surface area contributed by atoms with Crippen molar-refractivity contribution in [1.82, 2.24) is 5.32 Å². The van der Waals surface area contributed by atoms with E-state index in [0.717, 1.165) is 11.8 Å². The van der Waals surface area contributed by atoms with Gasteiger partial charge in [-0.15, -0.1) is 0 Å². The Bertz CT molecular complexity index is 424. The third-order valence-electron chi connectivity index (χ3n) is 5.07. The highest BCUT2D eigenvalue weighted by atomic mass is 15.0. The molecule has 1 nitrogen and oxygen atoms in total. The molecule has 1 aromatic carbocycles. The molecule has 19 heavy (non-hydrogen) atoms. The molecule has 0 spiro atoms. The van der Waals surface area contributed by atoms with Crippen LogP contribution in [-0.4, -0.2) is 6.04 Å². The van der Waals surface area contributed by atoms with Gasteiger partial charge in [0.05, 0.1) is 0 Å². The molecule has 1 fully saturated rings. The van der Waals surface area contributed by atoms with Crippen LogP contribution in [0.5, 0.6) is 0 Å². The van der Waals surface area contributed by atoms with Crippen LogP contribution in [0, 0.1) is 25.7 Å². The molecule has 0 bridgehead atoms. The van der Waals surface area contributed by atoms with Crippen LogP contribution in [0.25, 0.3) is 0 Å². The summed E-state index contributed by atoms with van der Waals surface area (Å²) < 4.78 is 0. The van der Waals surface area contributed by atoms with Crippen molar-refractivity contribution in [3.05, 3.63) is 34.9 Å². The summed E-state index contributed by atoms with van der Waals surface area (Å²) >= 11 is 0. The zero-order chi connectivity index (χ0) is 14.0. The van der Waals surface area contributed by atoms with Crippen molar-refractivity contribution in [3.63, 3.8) is 0 Å². The minimum Gasteiger partial charge on any atom is -0.307 e. The summed E-state index contributed by atoms with van der Waals surface area (Å²) in [6.07, 6.45) is 4.11. The number of nitrogens with one attached hydrogen (secondary N) is 1. The van der Waals surface area contributed by atoms with E-state index in [1.807, 2.05) is 0 Å². The van der Waals surface area contributed by atoms with E-state index in [1.54, 1.807) is 0 Å². The van der Waals surface area contributed by atoms with Crippen LogP contribution in [0.4, 0.5) is 0 Å². The molecule has 1 heteroatoms. The summed E-state index contributed by atoms with van der Waals surface area (Å²) in [4.78, 5) is 0. The summed E-state index contributed by atoms with van der Waals surface area (Å²) in [6.45, 7) is 11.5. The Hall–Kier alpha value is -0.820. The number of hydrogen-bond acceptors (Lipinski definition) is 1. The fraction of sp³-hybridized carbons (Fsp3) is 0.667. The Kier molecular flexibility index (Phi) is 4.67. The van der Waals surface area contributed by atoms with Gasteiger partial charge in [-0.25, -0.2) is 0 Å². The van der Waals surface area contributed by atoms with E-state index < -0.39 is 0 Å². The van der Waals surface area contributed by atoms with Crippen molar-refractivity contribution >= 4 is 0 Å². The lowest BCUT2D eigenvalue weighted by atomic mass is 9.77. The SMILES string of the molecule is Cc1ccc(C)c(C(C)NC2CCCC(C)C2C)c1. The highest BCUT2D eigenvalue weighted by Gasteiger charge is 2.28. The normalized spacial score (nSPS) is 29.2. The lowest BCUT2D eigenvalue weighted by molar-refractivity contribution is 0.196. The predicted molar refractivity (Wildman–Crippen MR) is 83.4 cm³/mol. The molecule has 0 heterocycles. The Morgan fingerprint density at radius 2 is 1.89 bits per heavy atom. The molecule has 1 aliphatic carbocycles. The average Bonchev–Trinajstić information content (AvgIpc) is 2.38. The van der Waals surface area contributed by atoms with Crippen LogP contribution < -0.4 is 5.32 Å². The molecule has 4 atom stereocenters. The third-order valence-corrected chi connectivity index (χ3v) is 5.07. The number of hydrogen-bond donors (Lipinski definition) is 1. The minimum atomic E-state index is 0.456. The molecule has 2 rings (SSSR count). The summed E-state index contributed by atoms with van der Waals surface area (Å²) in [5, 5.41) is 3.88. The standard InChI is InChI=1S/C18H29N/c1-12-9-10-14(3)17(11-12)16(5)19-18-8-6-7-13(2)15(18)4/h9-11,13,15-16,18-19H,6-8H2,1-5H3. The van der Waals surface area contributed by atoms with E-state index in [-0.39, 0.29) is 0 Å². The van der Waals surface area contributed by atoms with Crippen molar-refractivity contribution in [2.45, 2.75) is 66.0 Å². The maximum atomic E-state index is 3.88. The zero-order valence-corrected chi connectivity index (χ0v) is 13.2. The van der Waals surface area contributed by atoms with E-state index in [2.05, 4.69) is 58.1 Å².